The van der Waals surface area contributed by atoms with Crippen LogP contribution in [0.2, 0.25) is 0 Å². The van der Waals surface area contributed by atoms with Gasteiger partial charge in [0.2, 0.25) is 0 Å². The molecule has 1 aromatic carbocycles. The molecule has 0 atom stereocenters. The summed E-state index contributed by atoms with van der Waals surface area (Å²) in [5, 5.41) is 15.0. The Morgan fingerprint density at radius 3 is 2.79 bits per heavy atom. The number of methoxy groups -OCH3 is 1. The van der Waals surface area contributed by atoms with Crippen molar-refractivity contribution in [1.29, 1.82) is 0 Å². The summed E-state index contributed by atoms with van der Waals surface area (Å²) in [4.78, 5) is 4.97. The highest BCUT2D eigenvalue weighted by atomic mass is 16.5. The molecule has 1 aliphatic rings. The first-order valence-corrected chi connectivity index (χ1v) is 10.7. The largest absolute Gasteiger partial charge is 0.497 e. The van der Waals surface area contributed by atoms with Gasteiger partial charge in [-0.25, -0.2) is 0 Å². The molecule has 0 amide bonds. The Labute approximate surface area is 174 Å². The van der Waals surface area contributed by atoms with Gasteiger partial charge < -0.3 is 19.9 Å². The third-order valence-corrected chi connectivity index (χ3v) is 5.78. The van der Waals surface area contributed by atoms with E-state index in [1.165, 1.54) is 31.2 Å². The predicted molar refractivity (Wildman–Crippen MR) is 117 cm³/mol. The molecule has 29 heavy (non-hydrogen) atoms. The number of hydrogen-bond donors (Lipinski definition) is 2. The highest BCUT2D eigenvalue weighted by Crippen LogP contribution is 2.42. The second kappa shape index (κ2) is 10.3. The van der Waals surface area contributed by atoms with Crippen LogP contribution in [0.1, 0.15) is 50.9 Å². The Hall–Kier alpha value is -2.57. The summed E-state index contributed by atoms with van der Waals surface area (Å²) in [5.41, 5.74) is 1.44. The van der Waals surface area contributed by atoms with Crippen molar-refractivity contribution in [3.63, 3.8) is 0 Å². The van der Waals surface area contributed by atoms with E-state index in [-0.39, 0.29) is 5.41 Å². The molecular formula is C22H34N6O. The van der Waals surface area contributed by atoms with Gasteiger partial charge in [-0.05, 0) is 37.5 Å². The zero-order valence-electron chi connectivity index (χ0n) is 17.9. The normalized spacial score (nSPS) is 16.0. The van der Waals surface area contributed by atoms with Crippen molar-refractivity contribution >= 4 is 5.96 Å². The summed E-state index contributed by atoms with van der Waals surface area (Å²) in [6.45, 7) is 7.41. The maximum Gasteiger partial charge on any atom is 0.191 e. The molecule has 7 heteroatoms. The summed E-state index contributed by atoms with van der Waals surface area (Å²) in [7, 11) is 1.73. The van der Waals surface area contributed by atoms with Gasteiger partial charge >= 0.3 is 0 Å². The summed E-state index contributed by atoms with van der Waals surface area (Å²) in [5.74, 6) is 2.80. The van der Waals surface area contributed by atoms with Crippen LogP contribution in [-0.4, -0.2) is 47.5 Å². The average Bonchev–Trinajstić information content (AvgIpc) is 3.42. The number of rotatable bonds is 9. The zero-order valence-corrected chi connectivity index (χ0v) is 17.9. The molecule has 7 nitrogen and oxygen atoms in total. The van der Waals surface area contributed by atoms with E-state index in [1.807, 2.05) is 6.07 Å². The van der Waals surface area contributed by atoms with Crippen LogP contribution in [0.4, 0.5) is 0 Å². The van der Waals surface area contributed by atoms with Crippen LogP contribution in [0.5, 0.6) is 5.75 Å². The van der Waals surface area contributed by atoms with Crippen molar-refractivity contribution in [2.75, 3.05) is 26.7 Å². The molecule has 1 fully saturated rings. The van der Waals surface area contributed by atoms with Gasteiger partial charge in [0.15, 0.2) is 5.96 Å². The van der Waals surface area contributed by atoms with Gasteiger partial charge in [-0.2, -0.15) is 0 Å². The van der Waals surface area contributed by atoms with Crippen LogP contribution in [0, 0.1) is 0 Å². The number of benzene rings is 1. The lowest BCUT2D eigenvalue weighted by molar-refractivity contribution is 0.407. The smallest absolute Gasteiger partial charge is 0.191 e. The van der Waals surface area contributed by atoms with Gasteiger partial charge in [-0.3, -0.25) is 4.99 Å². The minimum absolute atomic E-state index is 0.0978. The van der Waals surface area contributed by atoms with E-state index in [2.05, 4.69) is 57.4 Å². The van der Waals surface area contributed by atoms with Crippen molar-refractivity contribution in [1.82, 2.24) is 25.4 Å². The summed E-state index contributed by atoms with van der Waals surface area (Å²) in [6, 6.07) is 8.50. The number of ether oxygens (including phenoxy) is 1. The molecular weight excluding hydrogens is 364 g/mol. The fraction of sp³-hybridized carbons (Fsp3) is 0.591. The Morgan fingerprint density at radius 1 is 1.24 bits per heavy atom. The highest BCUT2D eigenvalue weighted by Gasteiger charge is 2.35. The number of hydrogen-bond acceptors (Lipinski definition) is 4. The zero-order chi connectivity index (χ0) is 20.5. The van der Waals surface area contributed by atoms with E-state index < -0.39 is 0 Å². The van der Waals surface area contributed by atoms with Gasteiger partial charge in [-0.1, -0.05) is 31.9 Å². The fourth-order valence-corrected chi connectivity index (χ4v) is 4.15. The maximum absolute atomic E-state index is 5.46. The van der Waals surface area contributed by atoms with E-state index in [4.69, 9.17) is 9.73 Å². The monoisotopic (exact) mass is 398 g/mol. The van der Waals surface area contributed by atoms with Gasteiger partial charge in [0.05, 0.1) is 13.7 Å². The maximum atomic E-state index is 5.46. The summed E-state index contributed by atoms with van der Waals surface area (Å²) in [6.07, 6.45) is 7.53. The molecule has 0 unspecified atom stereocenters. The lowest BCUT2D eigenvalue weighted by atomic mass is 9.79. The Kier molecular flexibility index (Phi) is 7.49. The molecule has 0 spiro atoms. The number of aryl methyl sites for hydroxylation is 1. The van der Waals surface area contributed by atoms with E-state index in [1.54, 1.807) is 13.4 Å². The van der Waals surface area contributed by atoms with Gasteiger partial charge in [0.1, 0.15) is 17.9 Å². The third-order valence-electron chi connectivity index (χ3n) is 5.78. The number of nitrogens with one attached hydrogen (secondary N) is 2. The number of nitrogens with zero attached hydrogens (tertiary/aromatic N) is 4. The molecule has 0 bridgehead atoms. The highest BCUT2D eigenvalue weighted by molar-refractivity contribution is 5.79. The third kappa shape index (κ3) is 5.28. The minimum Gasteiger partial charge on any atom is -0.497 e. The number of aromatic nitrogens is 3. The lowest BCUT2D eigenvalue weighted by Gasteiger charge is -2.28. The van der Waals surface area contributed by atoms with Crippen molar-refractivity contribution < 1.29 is 4.74 Å². The van der Waals surface area contributed by atoms with Gasteiger partial charge in [-0.15, -0.1) is 10.2 Å². The molecule has 0 saturated heterocycles. The van der Waals surface area contributed by atoms with E-state index >= 15 is 0 Å². The lowest BCUT2D eigenvalue weighted by Crippen LogP contribution is -2.40. The summed E-state index contributed by atoms with van der Waals surface area (Å²) >= 11 is 0. The SMILES string of the molecule is CCNC(=NCC1(c2cccc(OC)c2)CCCC1)NCCn1cnnc1CC. The van der Waals surface area contributed by atoms with E-state index in [0.29, 0.717) is 0 Å². The predicted octanol–water partition coefficient (Wildman–Crippen LogP) is 2.92. The quantitative estimate of drug-likeness (QED) is 0.502. The second-order valence-corrected chi connectivity index (χ2v) is 7.64. The Balaban J connectivity index is 1.68. The Morgan fingerprint density at radius 2 is 2.07 bits per heavy atom. The molecule has 0 radical (unpaired) electrons. The average molecular weight is 399 g/mol. The van der Waals surface area contributed by atoms with Crippen molar-refractivity contribution in [2.24, 2.45) is 4.99 Å². The first-order chi connectivity index (χ1) is 14.2. The van der Waals surface area contributed by atoms with Crippen LogP contribution in [0.25, 0.3) is 0 Å². The molecule has 158 valence electrons. The molecule has 2 aromatic rings. The molecule has 2 N–H and O–H groups in total. The molecule has 0 aliphatic heterocycles. The topological polar surface area (TPSA) is 76.4 Å². The van der Waals surface area contributed by atoms with Gasteiger partial charge in [0, 0.05) is 31.5 Å². The van der Waals surface area contributed by atoms with Gasteiger partial charge in [0.25, 0.3) is 0 Å². The number of guanidine groups is 1. The number of aliphatic imine (C=N–C) groups is 1. The van der Waals surface area contributed by atoms with Crippen LogP contribution in [0.15, 0.2) is 35.6 Å². The van der Waals surface area contributed by atoms with E-state index in [0.717, 1.165) is 50.1 Å². The van der Waals surface area contributed by atoms with Crippen LogP contribution < -0.4 is 15.4 Å². The molecule has 3 rings (SSSR count). The molecule has 1 aliphatic carbocycles. The van der Waals surface area contributed by atoms with Crippen LogP contribution in [-0.2, 0) is 18.4 Å². The van der Waals surface area contributed by atoms with Crippen molar-refractivity contribution in [2.45, 2.75) is 57.9 Å². The minimum atomic E-state index is 0.0978. The summed E-state index contributed by atoms with van der Waals surface area (Å²) < 4.78 is 7.55. The molecule has 1 heterocycles. The van der Waals surface area contributed by atoms with Crippen molar-refractivity contribution in [3.8, 4) is 5.75 Å². The Bertz CT molecular complexity index is 794. The first-order valence-electron chi connectivity index (χ1n) is 10.7. The first kappa shape index (κ1) is 21.1. The standard InChI is InChI=1S/C22H34N6O/c1-4-20-27-26-17-28(20)14-13-24-21(23-5-2)25-16-22(11-6-7-12-22)18-9-8-10-19(15-18)29-3/h8-10,15,17H,4-7,11-14,16H2,1-3H3,(H2,23,24,25). The second-order valence-electron chi connectivity index (χ2n) is 7.64. The fourth-order valence-electron chi connectivity index (χ4n) is 4.15. The van der Waals surface area contributed by atoms with Crippen LogP contribution >= 0.6 is 0 Å². The molecule has 1 aromatic heterocycles. The van der Waals surface area contributed by atoms with E-state index in [9.17, 15) is 0 Å². The van der Waals surface area contributed by atoms with Crippen molar-refractivity contribution in [3.05, 3.63) is 42.0 Å². The molecule has 1 saturated carbocycles. The van der Waals surface area contributed by atoms with Crippen LogP contribution in [0.3, 0.4) is 0 Å².